The Hall–Kier alpha value is -3.33. The van der Waals surface area contributed by atoms with Crippen LogP contribution in [0.25, 0.3) is 5.69 Å². The molecule has 0 aliphatic carbocycles. The molecule has 2 aromatic carbocycles. The van der Waals surface area contributed by atoms with E-state index in [1.807, 2.05) is 6.07 Å². The fourth-order valence-electron chi connectivity index (χ4n) is 3.23. The average Bonchev–Trinajstić information content (AvgIpc) is 2.94. The number of sulfonamides is 1. The summed E-state index contributed by atoms with van der Waals surface area (Å²) in [6.07, 6.45) is 1.06. The van der Waals surface area contributed by atoms with Crippen LogP contribution in [0, 0.1) is 6.92 Å². The van der Waals surface area contributed by atoms with Crippen LogP contribution in [0.1, 0.15) is 21.6 Å². The van der Waals surface area contributed by atoms with Gasteiger partial charge in [0.05, 0.1) is 36.9 Å². The van der Waals surface area contributed by atoms with Gasteiger partial charge in [0.1, 0.15) is 5.69 Å². The van der Waals surface area contributed by atoms with Crippen LogP contribution in [0.5, 0.6) is 0 Å². The van der Waals surface area contributed by atoms with Crippen molar-refractivity contribution in [3.05, 3.63) is 81.8 Å². The third-order valence-electron chi connectivity index (χ3n) is 4.87. The summed E-state index contributed by atoms with van der Waals surface area (Å²) in [5.41, 5.74) is 1.78. The molecule has 0 spiro atoms. The number of hydrogen-bond donors (Lipinski definition) is 0. The lowest BCUT2D eigenvalue weighted by Crippen LogP contribution is -2.34. The molecule has 1 heterocycles. The number of carbonyl (C=O) groups excluding carboxylic acids is 1. The molecule has 0 N–H and O–H groups in total. The number of para-hydroxylation sites is 1. The zero-order valence-electron chi connectivity index (χ0n) is 17.2. The van der Waals surface area contributed by atoms with Gasteiger partial charge in [-0.25, -0.2) is 17.9 Å². The van der Waals surface area contributed by atoms with E-state index in [2.05, 4.69) is 4.74 Å². The smallest absolute Gasteiger partial charge is 0.337 e. The van der Waals surface area contributed by atoms with Gasteiger partial charge in [-0.05, 0) is 36.8 Å². The van der Waals surface area contributed by atoms with Crippen molar-refractivity contribution < 1.29 is 17.9 Å². The van der Waals surface area contributed by atoms with Gasteiger partial charge in [0.25, 0.3) is 5.56 Å². The first kappa shape index (κ1) is 21.4. The minimum Gasteiger partial charge on any atom is -0.465 e. The maximum Gasteiger partial charge on any atom is 0.337 e. The first-order valence-corrected chi connectivity index (χ1v) is 11.0. The van der Waals surface area contributed by atoms with Crippen LogP contribution < -0.4 is 9.86 Å². The van der Waals surface area contributed by atoms with E-state index in [0.717, 1.165) is 10.6 Å². The molecule has 3 rings (SSSR count). The van der Waals surface area contributed by atoms with E-state index in [4.69, 9.17) is 0 Å². The second-order valence-electron chi connectivity index (χ2n) is 6.87. The van der Waals surface area contributed by atoms with Gasteiger partial charge < -0.3 is 4.74 Å². The first-order valence-electron chi connectivity index (χ1n) is 9.14. The molecule has 0 saturated carbocycles. The van der Waals surface area contributed by atoms with E-state index in [1.54, 1.807) is 67.2 Å². The number of rotatable bonds is 6. The van der Waals surface area contributed by atoms with E-state index in [9.17, 15) is 18.0 Å². The Kier molecular flexibility index (Phi) is 5.84. The molecule has 0 amide bonds. The maximum atomic E-state index is 13.2. The average molecular weight is 429 g/mol. The van der Waals surface area contributed by atoms with Crippen molar-refractivity contribution in [2.45, 2.75) is 13.5 Å². The molecule has 0 saturated heterocycles. The van der Waals surface area contributed by atoms with E-state index >= 15 is 0 Å². The summed E-state index contributed by atoms with van der Waals surface area (Å²) in [6.45, 7) is 1.66. The summed E-state index contributed by atoms with van der Waals surface area (Å²) < 4.78 is 34.1. The quantitative estimate of drug-likeness (QED) is 0.561. The molecular formula is C21H23N3O5S. The first-order chi connectivity index (χ1) is 14.1. The van der Waals surface area contributed by atoms with Crippen molar-refractivity contribution >= 4 is 21.7 Å². The number of methoxy groups -OCH3 is 1. The van der Waals surface area contributed by atoms with Crippen LogP contribution in [0.4, 0.5) is 5.69 Å². The van der Waals surface area contributed by atoms with Crippen molar-refractivity contribution in [3.8, 4) is 5.69 Å². The molecule has 30 heavy (non-hydrogen) atoms. The van der Waals surface area contributed by atoms with Gasteiger partial charge in [0.2, 0.25) is 10.0 Å². The summed E-state index contributed by atoms with van der Waals surface area (Å²) in [7, 11) is -0.766. The number of aromatic nitrogens is 2. The molecule has 0 fully saturated rings. The summed E-state index contributed by atoms with van der Waals surface area (Å²) in [4.78, 5) is 24.9. The summed E-state index contributed by atoms with van der Waals surface area (Å²) >= 11 is 0. The van der Waals surface area contributed by atoms with Gasteiger partial charge in [0, 0.05) is 7.05 Å². The number of hydrogen-bond acceptors (Lipinski definition) is 5. The summed E-state index contributed by atoms with van der Waals surface area (Å²) in [5, 5.41) is 0. The Morgan fingerprint density at radius 2 is 1.67 bits per heavy atom. The van der Waals surface area contributed by atoms with Crippen molar-refractivity contribution in [1.82, 2.24) is 9.36 Å². The molecule has 9 heteroatoms. The molecule has 1 aromatic heterocycles. The predicted octanol–water partition coefficient (Wildman–Crippen LogP) is 2.24. The summed E-state index contributed by atoms with van der Waals surface area (Å²) in [5.74, 6) is -0.480. The minimum atomic E-state index is -3.76. The Balaban J connectivity index is 2.08. The fraction of sp³-hybridized carbons (Fsp3) is 0.238. The van der Waals surface area contributed by atoms with Crippen molar-refractivity contribution in [2.75, 3.05) is 17.7 Å². The third-order valence-corrected chi connectivity index (χ3v) is 5.99. The molecule has 0 unspecified atom stereocenters. The molecule has 0 atom stereocenters. The standard InChI is InChI=1S/C21H23N3O5S/c1-15-19(20(25)24(22(15)2)18-8-6-5-7-9-18)23(30(4,27)28)14-16-10-12-17(13-11-16)21(26)29-3/h5-13H,14H2,1-4H3. The normalized spacial score (nSPS) is 11.3. The number of anilines is 1. The lowest BCUT2D eigenvalue weighted by molar-refractivity contribution is 0.0600. The summed E-state index contributed by atoms with van der Waals surface area (Å²) in [6, 6.07) is 15.4. The lowest BCUT2D eigenvalue weighted by atomic mass is 10.1. The van der Waals surface area contributed by atoms with E-state index < -0.39 is 21.6 Å². The molecule has 0 aliphatic rings. The predicted molar refractivity (Wildman–Crippen MR) is 115 cm³/mol. The number of ether oxygens (including phenoxy) is 1. The molecule has 0 bridgehead atoms. The lowest BCUT2D eigenvalue weighted by Gasteiger charge is -2.21. The Labute approximate surface area is 175 Å². The van der Waals surface area contributed by atoms with Crippen LogP contribution in [-0.2, 0) is 28.4 Å². The van der Waals surface area contributed by atoms with Gasteiger partial charge in [-0.1, -0.05) is 30.3 Å². The number of nitrogens with zero attached hydrogens (tertiary/aromatic N) is 3. The third kappa shape index (κ3) is 4.02. The zero-order chi connectivity index (χ0) is 22.1. The molecule has 8 nitrogen and oxygen atoms in total. The van der Waals surface area contributed by atoms with Gasteiger partial charge in [0.15, 0.2) is 0 Å². The highest BCUT2D eigenvalue weighted by atomic mass is 32.2. The van der Waals surface area contributed by atoms with Crippen LogP contribution in [0.3, 0.4) is 0 Å². The van der Waals surface area contributed by atoms with Crippen LogP contribution in [0.2, 0.25) is 0 Å². The van der Waals surface area contributed by atoms with Crippen LogP contribution in [-0.4, -0.2) is 37.1 Å². The fourth-order valence-corrected chi connectivity index (χ4v) is 4.16. The molecule has 0 aliphatic heterocycles. The Bertz CT molecular complexity index is 1230. The largest absolute Gasteiger partial charge is 0.465 e. The SMILES string of the molecule is COC(=O)c1ccc(CN(c2c(C)n(C)n(-c3ccccc3)c2=O)S(C)(=O)=O)cc1. The van der Waals surface area contributed by atoms with Crippen LogP contribution >= 0.6 is 0 Å². The molecular weight excluding hydrogens is 406 g/mol. The second-order valence-corrected chi connectivity index (χ2v) is 8.78. The monoisotopic (exact) mass is 429 g/mol. The highest BCUT2D eigenvalue weighted by Crippen LogP contribution is 2.23. The van der Waals surface area contributed by atoms with E-state index in [1.165, 1.54) is 11.8 Å². The second kappa shape index (κ2) is 8.19. The molecule has 3 aromatic rings. The van der Waals surface area contributed by atoms with Crippen molar-refractivity contribution in [1.29, 1.82) is 0 Å². The van der Waals surface area contributed by atoms with Gasteiger partial charge >= 0.3 is 5.97 Å². The van der Waals surface area contributed by atoms with Gasteiger partial charge in [-0.3, -0.25) is 13.8 Å². The number of benzene rings is 2. The Morgan fingerprint density at radius 3 is 2.20 bits per heavy atom. The van der Waals surface area contributed by atoms with Crippen molar-refractivity contribution in [2.24, 2.45) is 7.05 Å². The zero-order valence-corrected chi connectivity index (χ0v) is 18.0. The van der Waals surface area contributed by atoms with E-state index in [-0.39, 0.29) is 12.2 Å². The topological polar surface area (TPSA) is 90.6 Å². The Morgan fingerprint density at radius 1 is 1.07 bits per heavy atom. The highest BCUT2D eigenvalue weighted by Gasteiger charge is 2.27. The number of carbonyl (C=O) groups is 1. The van der Waals surface area contributed by atoms with Crippen LogP contribution in [0.15, 0.2) is 59.4 Å². The van der Waals surface area contributed by atoms with Crippen molar-refractivity contribution in [3.63, 3.8) is 0 Å². The minimum absolute atomic E-state index is 0.0465. The van der Waals surface area contributed by atoms with E-state index in [0.29, 0.717) is 22.5 Å². The maximum absolute atomic E-state index is 13.2. The van der Waals surface area contributed by atoms with Gasteiger partial charge in [-0.15, -0.1) is 0 Å². The van der Waals surface area contributed by atoms with Gasteiger partial charge in [-0.2, -0.15) is 0 Å². The highest BCUT2D eigenvalue weighted by molar-refractivity contribution is 7.92. The molecule has 158 valence electrons. The number of esters is 1. The molecule has 0 radical (unpaired) electrons.